The average molecular weight is 211 g/mol. The highest BCUT2D eigenvalue weighted by Crippen LogP contribution is 2.15. The van der Waals surface area contributed by atoms with Gasteiger partial charge < -0.3 is 9.64 Å². The molecule has 0 aromatic heterocycles. The predicted octanol–water partition coefficient (Wildman–Crippen LogP) is 0.629. The van der Waals surface area contributed by atoms with Crippen LogP contribution in [0.5, 0.6) is 0 Å². The van der Waals surface area contributed by atoms with Crippen molar-refractivity contribution in [2.24, 2.45) is 5.92 Å². The second kappa shape index (κ2) is 5.54. The van der Waals surface area contributed by atoms with Crippen molar-refractivity contribution in [2.75, 3.05) is 13.1 Å². The third kappa shape index (κ3) is 3.52. The lowest BCUT2D eigenvalue weighted by Crippen LogP contribution is -2.51. The molecule has 0 N–H and O–H groups in total. The van der Waals surface area contributed by atoms with Gasteiger partial charge in [-0.2, -0.15) is 0 Å². The van der Waals surface area contributed by atoms with Crippen molar-refractivity contribution in [3.8, 4) is 0 Å². The van der Waals surface area contributed by atoms with Crippen molar-refractivity contribution in [2.45, 2.75) is 45.7 Å². The standard InChI is InChI=1S/C11H22BNO2/c1-4-5-9-6-13(7-10(12)15-9)11(14)8(2)3/h8-10H,4-7,12H2,1-3H3. The van der Waals surface area contributed by atoms with Gasteiger partial charge in [0.25, 0.3) is 0 Å². The number of ether oxygens (including phenoxy) is 1. The smallest absolute Gasteiger partial charge is 0.225 e. The van der Waals surface area contributed by atoms with Crippen LogP contribution in [0.1, 0.15) is 33.6 Å². The van der Waals surface area contributed by atoms with E-state index in [1.54, 1.807) is 0 Å². The molecule has 1 aliphatic rings. The molecule has 0 aromatic rings. The van der Waals surface area contributed by atoms with Gasteiger partial charge in [-0.1, -0.05) is 27.2 Å². The van der Waals surface area contributed by atoms with Gasteiger partial charge >= 0.3 is 0 Å². The lowest BCUT2D eigenvalue weighted by atomic mass is 9.95. The monoisotopic (exact) mass is 211 g/mol. The molecule has 0 aliphatic carbocycles. The fourth-order valence-corrected chi connectivity index (χ4v) is 2.07. The number of amides is 1. The maximum atomic E-state index is 11.9. The fraction of sp³-hybridized carbons (Fsp3) is 0.909. The lowest BCUT2D eigenvalue weighted by molar-refractivity contribution is -0.144. The Morgan fingerprint density at radius 2 is 2.20 bits per heavy atom. The Labute approximate surface area is 93.6 Å². The molecule has 0 radical (unpaired) electrons. The van der Waals surface area contributed by atoms with Crippen molar-refractivity contribution in [1.82, 2.24) is 4.90 Å². The SMILES string of the molecule is BC1CN(C(=O)C(C)C)CC(CCC)O1. The van der Waals surface area contributed by atoms with Crippen LogP contribution in [0.3, 0.4) is 0 Å². The maximum absolute atomic E-state index is 11.9. The Kier molecular flexibility index (Phi) is 4.64. The summed E-state index contributed by atoms with van der Waals surface area (Å²) in [6.45, 7) is 7.58. The Hall–Kier alpha value is -0.505. The number of rotatable bonds is 3. The van der Waals surface area contributed by atoms with Gasteiger partial charge in [-0.25, -0.2) is 0 Å². The summed E-state index contributed by atoms with van der Waals surface area (Å²) in [7, 11) is 2.04. The third-order valence-electron chi connectivity index (χ3n) is 2.74. The van der Waals surface area contributed by atoms with E-state index in [1.807, 2.05) is 26.6 Å². The summed E-state index contributed by atoms with van der Waals surface area (Å²) < 4.78 is 5.79. The number of hydrogen-bond acceptors (Lipinski definition) is 2. The van der Waals surface area contributed by atoms with Gasteiger partial charge in [-0.3, -0.25) is 4.79 Å². The van der Waals surface area contributed by atoms with E-state index in [9.17, 15) is 4.79 Å². The molecule has 1 fully saturated rings. The second-order valence-electron chi connectivity index (χ2n) is 4.76. The van der Waals surface area contributed by atoms with E-state index in [4.69, 9.17) is 4.74 Å². The van der Waals surface area contributed by atoms with Gasteiger partial charge in [-0.15, -0.1) is 0 Å². The summed E-state index contributed by atoms with van der Waals surface area (Å²) in [4.78, 5) is 13.8. The molecule has 0 spiro atoms. The van der Waals surface area contributed by atoms with Crippen LogP contribution in [0.4, 0.5) is 0 Å². The van der Waals surface area contributed by atoms with Crippen LogP contribution in [-0.4, -0.2) is 43.9 Å². The van der Waals surface area contributed by atoms with Crippen LogP contribution in [0.2, 0.25) is 0 Å². The molecule has 2 unspecified atom stereocenters. The first-order chi connectivity index (χ1) is 7.04. The summed E-state index contributed by atoms with van der Waals surface area (Å²) >= 11 is 0. The molecule has 1 aliphatic heterocycles. The number of morpholine rings is 1. The minimum atomic E-state index is 0.0950. The zero-order chi connectivity index (χ0) is 11.4. The third-order valence-corrected chi connectivity index (χ3v) is 2.74. The number of nitrogens with zero attached hydrogens (tertiary/aromatic N) is 1. The molecular formula is C11H22BNO2. The lowest BCUT2D eigenvalue weighted by Gasteiger charge is -2.37. The normalized spacial score (nSPS) is 27.1. The van der Waals surface area contributed by atoms with Gasteiger partial charge in [0.05, 0.1) is 6.10 Å². The molecule has 4 heteroatoms. The zero-order valence-corrected chi connectivity index (χ0v) is 10.3. The van der Waals surface area contributed by atoms with Crippen LogP contribution in [0, 0.1) is 5.92 Å². The Bertz CT molecular complexity index is 221. The van der Waals surface area contributed by atoms with Gasteiger partial charge in [0, 0.05) is 25.0 Å². The number of carbonyl (C=O) groups excluding carboxylic acids is 1. The zero-order valence-electron chi connectivity index (χ0n) is 10.3. The fourth-order valence-electron chi connectivity index (χ4n) is 2.07. The molecule has 0 saturated carbocycles. The summed E-state index contributed by atoms with van der Waals surface area (Å²) in [6, 6.07) is 0.179. The maximum Gasteiger partial charge on any atom is 0.225 e. The highest BCUT2D eigenvalue weighted by atomic mass is 16.5. The van der Waals surface area contributed by atoms with Gasteiger partial charge in [0.1, 0.15) is 7.85 Å². The van der Waals surface area contributed by atoms with Crippen LogP contribution in [0.15, 0.2) is 0 Å². The highest BCUT2D eigenvalue weighted by Gasteiger charge is 2.28. The Balaban J connectivity index is 2.55. The van der Waals surface area contributed by atoms with E-state index in [1.165, 1.54) is 0 Å². The van der Waals surface area contributed by atoms with Crippen LogP contribution >= 0.6 is 0 Å². The Morgan fingerprint density at radius 3 is 2.73 bits per heavy atom. The van der Waals surface area contributed by atoms with Gasteiger partial charge in [0.2, 0.25) is 5.91 Å². The average Bonchev–Trinajstić information content (AvgIpc) is 2.16. The molecular weight excluding hydrogens is 189 g/mol. The van der Waals surface area contributed by atoms with E-state index in [-0.39, 0.29) is 23.9 Å². The second-order valence-corrected chi connectivity index (χ2v) is 4.76. The van der Waals surface area contributed by atoms with Crippen molar-refractivity contribution >= 4 is 13.8 Å². The minimum Gasteiger partial charge on any atom is -0.380 e. The van der Waals surface area contributed by atoms with Gasteiger partial charge in [0.15, 0.2) is 0 Å². The van der Waals surface area contributed by atoms with Crippen molar-refractivity contribution in [3.05, 3.63) is 0 Å². The van der Waals surface area contributed by atoms with Crippen LogP contribution in [0.25, 0.3) is 0 Å². The van der Waals surface area contributed by atoms with Crippen molar-refractivity contribution in [1.29, 1.82) is 0 Å². The molecule has 1 saturated heterocycles. The number of hydrogen-bond donors (Lipinski definition) is 0. The first kappa shape index (κ1) is 12.6. The van der Waals surface area contributed by atoms with Crippen LogP contribution < -0.4 is 0 Å². The minimum absolute atomic E-state index is 0.0950. The molecule has 15 heavy (non-hydrogen) atoms. The van der Waals surface area contributed by atoms with Gasteiger partial charge in [-0.05, 0) is 6.42 Å². The Morgan fingerprint density at radius 1 is 1.53 bits per heavy atom. The van der Waals surface area contributed by atoms with E-state index in [2.05, 4.69) is 6.92 Å². The van der Waals surface area contributed by atoms with Crippen molar-refractivity contribution < 1.29 is 9.53 Å². The summed E-state index contributed by atoms with van der Waals surface area (Å²) in [5, 5.41) is 0. The molecule has 1 heterocycles. The van der Waals surface area contributed by atoms with E-state index in [0.717, 1.165) is 25.9 Å². The number of carbonyl (C=O) groups is 1. The molecule has 3 nitrogen and oxygen atoms in total. The van der Waals surface area contributed by atoms with E-state index >= 15 is 0 Å². The summed E-state index contributed by atoms with van der Waals surface area (Å²) in [6.07, 6.45) is 2.40. The quantitative estimate of drug-likeness (QED) is 0.641. The highest BCUT2D eigenvalue weighted by molar-refractivity contribution is 6.11. The first-order valence-corrected chi connectivity index (χ1v) is 5.98. The van der Waals surface area contributed by atoms with E-state index < -0.39 is 0 Å². The molecule has 0 bridgehead atoms. The predicted molar refractivity (Wildman–Crippen MR) is 63.5 cm³/mol. The topological polar surface area (TPSA) is 29.5 Å². The molecule has 0 aromatic carbocycles. The molecule has 1 rings (SSSR count). The summed E-state index contributed by atoms with van der Waals surface area (Å²) in [5.41, 5.74) is 0. The van der Waals surface area contributed by atoms with Crippen molar-refractivity contribution in [3.63, 3.8) is 0 Å². The molecule has 86 valence electrons. The van der Waals surface area contributed by atoms with Crippen LogP contribution in [-0.2, 0) is 9.53 Å². The molecule has 2 atom stereocenters. The largest absolute Gasteiger partial charge is 0.380 e. The first-order valence-electron chi connectivity index (χ1n) is 5.98. The summed E-state index contributed by atoms with van der Waals surface area (Å²) in [5.74, 6) is 0.351. The van der Waals surface area contributed by atoms with E-state index in [0.29, 0.717) is 0 Å². The molecule has 1 amide bonds.